The average molecular weight is 323 g/mol. The van der Waals surface area contributed by atoms with Crippen molar-refractivity contribution in [3.05, 3.63) is 65.2 Å². The van der Waals surface area contributed by atoms with E-state index in [-0.39, 0.29) is 6.04 Å². The second kappa shape index (κ2) is 6.87. The lowest BCUT2D eigenvalue weighted by atomic mass is 10.0. The molecule has 3 rings (SSSR count). The number of amides is 1. The van der Waals surface area contributed by atoms with Crippen LogP contribution in [-0.4, -0.2) is 30.2 Å². The third kappa shape index (κ3) is 3.18. The molecule has 4 nitrogen and oxygen atoms in total. The molecule has 1 fully saturated rings. The van der Waals surface area contributed by atoms with Crippen LogP contribution in [0.2, 0.25) is 0 Å². The molecule has 0 aliphatic carbocycles. The summed E-state index contributed by atoms with van der Waals surface area (Å²) in [6.45, 7) is 2.57. The van der Waals surface area contributed by atoms with Gasteiger partial charge in [0, 0.05) is 12.1 Å². The first-order chi connectivity index (χ1) is 11.6. The number of rotatable bonds is 4. The van der Waals surface area contributed by atoms with Gasteiger partial charge in [-0.1, -0.05) is 42.0 Å². The average Bonchev–Trinajstić information content (AvgIpc) is 3.11. The van der Waals surface area contributed by atoms with Crippen LogP contribution in [0.15, 0.2) is 48.5 Å². The van der Waals surface area contributed by atoms with Gasteiger partial charge in [0.2, 0.25) is 5.78 Å². The normalized spacial score (nSPS) is 16.9. The molecule has 1 amide bonds. The Morgan fingerprint density at radius 1 is 1.04 bits per heavy atom. The molecule has 4 heteroatoms. The number of ether oxygens (including phenoxy) is 1. The van der Waals surface area contributed by atoms with E-state index in [0.29, 0.717) is 12.1 Å². The van der Waals surface area contributed by atoms with Gasteiger partial charge in [-0.2, -0.15) is 0 Å². The Morgan fingerprint density at radius 2 is 1.71 bits per heavy atom. The summed E-state index contributed by atoms with van der Waals surface area (Å²) >= 11 is 0. The minimum absolute atomic E-state index is 0.0437. The zero-order valence-electron chi connectivity index (χ0n) is 14.0. The van der Waals surface area contributed by atoms with Crippen LogP contribution in [0, 0.1) is 6.92 Å². The number of Topliss-reactive ketones (excluding diaryl/α,β-unsaturated/α-hetero) is 1. The summed E-state index contributed by atoms with van der Waals surface area (Å²) in [5.74, 6) is -0.0714. The van der Waals surface area contributed by atoms with Crippen molar-refractivity contribution in [2.24, 2.45) is 0 Å². The molecule has 1 aliphatic rings. The van der Waals surface area contributed by atoms with Gasteiger partial charge in [-0.25, -0.2) is 0 Å². The quantitative estimate of drug-likeness (QED) is 0.638. The van der Waals surface area contributed by atoms with Crippen LogP contribution in [0.25, 0.3) is 0 Å². The topological polar surface area (TPSA) is 46.6 Å². The number of methoxy groups -OCH3 is 1. The van der Waals surface area contributed by atoms with Crippen LogP contribution >= 0.6 is 0 Å². The molecule has 0 bridgehead atoms. The molecule has 24 heavy (non-hydrogen) atoms. The fourth-order valence-electron chi connectivity index (χ4n) is 3.14. The Morgan fingerprint density at radius 3 is 2.33 bits per heavy atom. The van der Waals surface area contributed by atoms with Gasteiger partial charge in [-0.3, -0.25) is 9.59 Å². The summed E-state index contributed by atoms with van der Waals surface area (Å²) in [5.41, 5.74) is 2.56. The van der Waals surface area contributed by atoms with Gasteiger partial charge in [0.25, 0.3) is 5.91 Å². The minimum atomic E-state index is -0.435. The van der Waals surface area contributed by atoms with E-state index >= 15 is 0 Å². The summed E-state index contributed by atoms with van der Waals surface area (Å²) in [6.07, 6.45) is 1.78. The number of carbonyl (C=O) groups excluding carboxylic acids is 2. The number of hydrogen-bond acceptors (Lipinski definition) is 3. The zero-order valence-corrected chi connectivity index (χ0v) is 14.0. The number of ketones is 1. The number of likely N-dealkylation sites (tertiary alicyclic amines) is 1. The smallest absolute Gasteiger partial charge is 0.295 e. The summed E-state index contributed by atoms with van der Waals surface area (Å²) in [6, 6.07) is 14.8. The van der Waals surface area contributed by atoms with E-state index in [2.05, 4.69) is 0 Å². The molecule has 0 spiro atoms. The molecule has 1 heterocycles. The second-order valence-corrected chi connectivity index (χ2v) is 6.12. The fourth-order valence-corrected chi connectivity index (χ4v) is 3.14. The van der Waals surface area contributed by atoms with Crippen molar-refractivity contribution < 1.29 is 14.3 Å². The van der Waals surface area contributed by atoms with Gasteiger partial charge < -0.3 is 9.64 Å². The molecule has 124 valence electrons. The van der Waals surface area contributed by atoms with Gasteiger partial charge in [-0.05, 0) is 37.5 Å². The van der Waals surface area contributed by atoms with E-state index in [4.69, 9.17) is 4.74 Å². The molecule has 1 unspecified atom stereocenters. The van der Waals surface area contributed by atoms with Crippen molar-refractivity contribution in [2.45, 2.75) is 25.8 Å². The zero-order chi connectivity index (χ0) is 17.1. The van der Waals surface area contributed by atoms with Crippen LogP contribution in [0.5, 0.6) is 5.75 Å². The SMILES string of the molecule is COc1ccc(C2CCCN2C(=O)C(=O)c2ccc(C)cc2)cc1. The molecule has 1 aliphatic heterocycles. The van der Waals surface area contributed by atoms with Crippen molar-refractivity contribution in [1.29, 1.82) is 0 Å². The van der Waals surface area contributed by atoms with Gasteiger partial charge in [0.15, 0.2) is 0 Å². The molecule has 0 aromatic heterocycles. The summed E-state index contributed by atoms with van der Waals surface area (Å²) in [4.78, 5) is 26.9. The molecule has 2 aromatic carbocycles. The second-order valence-electron chi connectivity index (χ2n) is 6.12. The van der Waals surface area contributed by atoms with Crippen molar-refractivity contribution >= 4 is 11.7 Å². The monoisotopic (exact) mass is 323 g/mol. The summed E-state index contributed by atoms with van der Waals surface area (Å²) < 4.78 is 5.18. The third-order valence-electron chi connectivity index (χ3n) is 4.52. The standard InChI is InChI=1S/C20H21NO3/c1-14-5-7-16(8-6-14)19(22)20(23)21-13-3-4-18(21)15-9-11-17(24-2)12-10-15/h5-12,18H,3-4,13H2,1-2H3. The predicted molar refractivity (Wildman–Crippen MR) is 92.2 cm³/mol. The van der Waals surface area contributed by atoms with Gasteiger partial charge in [-0.15, -0.1) is 0 Å². The minimum Gasteiger partial charge on any atom is -0.497 e. The molecule has 0 radical (unpaired) electrons. The Bertz CT molecular complexity index is 734. The Kier molecular flexibility index (Phi) is 4.65. The lowest BCUT2D eigenvalue weighted by molar-refractivity contribution is -0.127. The number of benzene rings is 2. The van der Waals surface area contributed by atoms with E-state index in [0.717, 1.165) is 29.7 Å². The van der Waals surface area contributed by atoms with Gasteiger partial charge in [0.1, 0.15) is 5.75 Å². The van der Waals surface area contributed by atoms with E-state index in [1.807, 2.05) is 43.3 Å². The van der Waals surface area contributed by atoms with Gasteiger partial charge >= 0.3 is 0 Å². The number of hydrogen-bond donors (Lipinski definition) is 0. The lowest BCUT2D eigenvalue weighted by Gasteiger charge is -2.24. The summed E-state index contributed by atoms with van der Waals surface area (Å²) in [7, 11) is 1.63. The Hall–Kier alpha value is -2.62. The highest BCUT2D eigenvalue weighted by Gasteiger charge is 2.33. The van der Waals surface area contributed by atoms with Gasteiger partial charge in [0.05, 0.1) is 13.2 Å². The molecule has 0 N–H and O–H groups in total. The molecular formula is C20H21NO3. The van der Waals surface area contributed by atoms with Crippen LogP contribution in [0.1, 0.15) is 40.4 Å². The molecule has 2 aromatic rings. The van der Waals surface area contributed by atoms with E-state index in [1.54, 1.807) is 24.1 Å². The fraction of sp³-hybridized carbons (Fsp3) is 0.300. The Balaban J connectivity index is 1.80. The number of nitrogens with zero attached hydrogens (tertiary/aromatic N) is 1. The number of carbonyl (C=O) groups is 2. The largest absolute Gasteiger partial charge is 0.497 e. The highest BCUT2D eigenvalue weighted by Crippen LogP contribution is 2.33. The first-order valence-electron chi connectivity index (χ1n) is 8.16. The van der Waals surface area contributed by atoms with Crippen molar-refractivity contribution in [3.63, 3.8) is 0 Å². The van der Waals surface area contributed by atoms with Crippen molar-refractivity contribution in [3.8, 4) is 5.75 Å². The maximum atomic E-state index is 12.7. The van der Waals surface area contributed by atoms with Crippen LogP contribution in [-0.2, 0) is 4.79 Å². The van der Waals surface area contributed by atoms with E-state index in [9.17, 15) is 9.59 Å². The van der Waals surface area contributed by atoms with Crippen molar-refractivity contribution in [2.75, 3.05) is 13.7 Å². The highest BCUT2D eigenvalue weighted by atomic mass is 16.5. The molecule has 0 saturated carbocycles. The van der Waals surface area contributed by atoms with Crippen molar-refractivity contribution in [1.82, 2.24) is 4.90 Å². The first kappa shape index (κ1) is 16.2. The maximum Gasteiger partial charge on any atom is 0.295 e. The highest BCUT2D eigenvalue weighted by molar-refractivity contribution is 6.42. The lowest BCUT2D eigenvalue weighted by Crippen LogP contribution is -2.36. The summed E-state index contributed by atoms with van der Waals surface area (Å²) in [5, 5.41) is 0. The molecule has 1 atom stereocenters. The molecule has 1 saturated heterocycles. The van der Waals surface area contributed by atoms with E-state index in [1.165, 1.54) is 0 Å². The van der Waals surface area contributed by atoms with Crippen LogP contribution < -0.4 is 4.74 Å². The number of aryl methyl sites for hydroxylation is 1. The maximum absolute atomic E-state index is 12.7. The Labute approximate surface area is 142 Å². The van der Waals surface area contributed by atoms with Crippen LogP contribution in [0.4, 0.5) is 0 Å². The van der Waals surface area contributed by atoms with E-state index < -0.39 is 11.7 Å². The first-order valence-corrected chi connectivity index (χ1v) is 8.16. The third-order valence-corrected chi connectivity index (χ3v) is 4.52. The predicted octanol–water partition coefficient (Wildman–Crippen LogP) is 3.55. The molecular weight excluding hydrogens is 302 g/mol. The van der Waals surface area contributed by atoms with Crippen LogP contribution in [0.3, 0.4) is 0 Å².